The van der Waals surface area contributed by atoms with Crippen LogP contribution in [0.5, 0.6) is 0 Å². The first-order chi connectivity index (χ1) is 62.8. The molecular formula is C111H75N13O4. The van der Waals surface area contributed by atoms with Gasteiger partial charge in [0.25, 0.3) is 0 Å². The van der Waals surface area contributed by atoms with Gasteiger partial charge in [-0.1, -0.05) is 260 Å². The molecule has 0 aliphatic heterocycles. The first-order valence-corrected chi connectivity index (χ1v) is 43.0. The van der Waals surface area contributed by atoms with Crippen molar-refractivity contribution in [3.05, 3.63) is 368 Å². The van der Waals surface area contributed by atoms with Crippen molar-refractivity contribution in [2.75, 3.05) is 0 Å². The lowest BCUT2D eigenvalue weighted by Gasteiger charge is -2.27. The van der Waals surface area contributed by atoms with Gasteiger partial charge in [-0.2, -0.15) is 0 Å². The summed E-state index contributed by atoms with van der Waals surface area (Å²) in [7, 11) is 0. The van der Waals surface area contributed by atoms with Crippen LogP contribution in [-0.2, 0) is 16.2 Å². The van der Waals surface area contributed by atoms with Crippen LogP contribution in [0.2, 0.25) is 0 Å². The van der Waals surface area contributed by atoms with Crippen LogP contribution in [0.4, 0.5) is 0 Å². The second-order valence-corrected chi connectivity index (χ2v) is 34.1. The van der Waals surface area contributed by atoms with E-state index in [1.54, 1.807) is 6.20 Å². The molecule has 12 aromatic carbocycles. The predicted molar refractivity (Wildman–Crippen MR) is 506 cm³/mol. The van der Waals surface area contributed by atoms with Crippen molar-refractivity contribution in [3.8, 4) is 136 Å². The molecule has 1 unspecified atom stereocenters. The maximum atomic E-state index is 6.56. The summed E-state index contributed by atoms with van der Waals surface area (Å²) >= 11 is 0. The van der Waals surface area contributed by atoms with E-state index in [1.165, 1.54) is 33.4 Å². The van der Waals surface area contributed by atoms with Gasteiger partial charge >= 0.3 is 0 Å². The molecule has 0 spiro atoms. The van der Waals surface area contributed by atoms with Crippen molar-refractivity contribution in [1.29, 1.82) is 0 Å². The van der Waals surface area contributed by atoms with Gasteiger partial charge in [0, 0.05) is 134 Å². The molecule has 26 rings (SSSR count). The van der Waals surface area contributed by atoms with Crippen LogP contribution in [0, 0.1) is 0 Å². The zero-order chi connectivity index (χ0) is 85.7. The van der Waals surface area contributed by atoms with Crippen molar-refractivity contribution in [1.82, 2.24) is 64.8 Å². The zero-order valence-electron chi connectivity index (χ0n) is 70.4. The summed E-state index contributed by atoms with van der Waals surface area (Å²) in [6, 6.07) is 104. The molecule has 0 fully saturated rings. The Hall–Kier alpha value is -16.5. The quantitative estimate of drug-likeness (QED) is 0.124. The maximum Gasteiger partial charge on any atom is 0.227 e. The molecule has 11 heterocycles. The van der Waals surface area contributed by atoms with Crippen molar-refractivity contribution >= 4 is 87.9 Å². The zero-order valence-corrected chi connectivity index (χ0v) is 70.4. The number of furan rings is 4. The monoisotopic (exact) mass is 1650 g/mol. The molecule has 0 saturated carbocycles. The van der Waals surface area contributed by atoms with Gasteiger partial charge in [0.15, 0.2) is 52.4 Å². The molecule has 3 aliphatic rings. The predicted octanol–water partition coefficient (Wildman–Crippen LogP) is 27.1. The van der Waals surface area contributed by atoms with Gasteiger partial charge in [0.1, 0.15) is 56.2 Å². The molecule has 11 aromatic heterocycles. The lowest BCUT2D eigenvalue weighted by atomic mass is 9.76. The van der Waals surface area contributed by atoms with Crippen LogP contribution in [0.3, 0.4) is 0 Å². The highest BCUT2D eigenvalue weighted by atomic mass is 16.3. The molecular weight excluding hydrogens is 1580 g/mol. The SMILES string of the molecule is CC1(C)c2c(ccnc2-c2nc(-c3ccccc3)nc(-c3ccccn3)n2)-c2ccc3c(oc4ccccc43)c21.CC1(C)c2ccccc2-c2cc3oc4nc(-c5nc(-c6ccccc6)nc(-c6ccc7oc8ccccc8c7c6)n5)ccc4c3cc21.CCC1(C)c2c(-c3nc(-c4ccccc4)nc(-c4ccccc4)n3)cncc2-c2ccc3c(oc4ccccc43)c21. The lowest BCUT2D eigenvalue weighted by molar-refractivity contribution is 0.554. The Kier molecular flexibility index (Phi) is 17.2. The average Bonchev–Trinajstić information content (AvgIpc) is 1.54. The lowest BCUT2D eigenvalue weighted by Crippen LogP contribution is -2.21. The molecule has 0 radical (unpaired) electrons. The molecule has 17 heteroatoms. The molecule has 128 heavy (non-hydrogen) atoms. The summed E-state index contributed by atoms with van der Waals surface area (Å²) in [4.78, 5) is 63.6. The molecule has 608 valence electrons. The van der Waals surface area contributed by atoms with Crippen LogP contribution in [0.15, 0.2) is 352 Å². The molecule has 23 aromatic rings. The topological polar surface area (TPSA) is 220 Å². The summed E-state index contributed by atoms with van der Waals surface area (Å²) in [5.41, 5.74) is 27.7. The Morgan fingerprint density at radius 2 is 0.727 bits per heavy atom. The fourth-order valence-electron chi connectivity index (χ4n) is 19.6. The third-order valence-corrected chi connectivity index (χ3v) is 25.9. The number of rotatable bonds is 10. The van der Waals surface area contributed by atoms with E-state index in [-0.39, 0.29) is 10.8 Å². The first kappa shape index (κ1) is 75.2. The second-order valence-electron chi connectivity index (χ2n) is 34.1. The fourth-order valence-corrected chi connectivity index (χ4v) is 19.6. The minimum absolute atomic E-state index is 0.0992. The van der Waals surface area contributed by atoms with E-state index < -0.39 is 5.41 Å². The van der Waals surface area contributed by atoms with Crippen molar-refractivity contribution in [3.63, 3.8) is 0 Å². The summed E-state index contributed by atoms with van der Waals surface area (Å²) in [6.07, 6.45) is 8.35. The number of fused-ring (bicyclic) bond motifs is 23. The third kappa shape index (κ3) is 12.1. The molecule has 17 nitrogen and oxygen atoms in total. The number of pyridine rings is 4. The highest BCUT2D eigenvalue weighted by Gasteiger charge is 2.45. The third-order valence-electron chi connectivity index (χ3n) is 25.9. The van der Waals surface area contributed by atoms with Crippen LogP contribution < -0.4 is 0 Å². The Morgan fingerprint density at radius 3 is 1.34 bits per heavy atom. The largest absolute Gasteiger partial charge is 0.456 e. The normalized spacial score (nSPS) is 14.2. The van der Waals surface area contributed by atoms with E-state index in [0.29, 0.717) is 69.5 Å². The van der Waals surface area contributed by atoms with Gasteiger partial charge in [-0.3, -0.25) is 15.0 Å². The smallest absolute Gasteiger partial charge is 0.227 e. The van der Waals surface area contributed by atoms with Gasteiger partial charge in [-0.05, 0) is 147 Å². The number of aromatic nitrogens is 13. The Morgan fingerprint density at radius 1 is 0.250 bits per heavy atom. The maximum absolute atomic E-state index is 6.56. The van der Waals surface area contributed by atoms with E-state index in [0.717, 1.165) is 161 Å². The Bertz CT molecular complexity index is 8350. The van der Waals surface area contributed by atoms with Gasteiger partial charge < -0.3 is 17.7 Å². The van der Waals surface area contributed by atoms with Crippen LogP contribution in [0.1, 0.15) is 81.3 Å². The van der Waals surface area contributed by atoms with Crippen molar-refractivity contribution in [2.45, 2.75) is 64.2 Å². The molecule has 0 bridgehead atoms. The van der Waals surface area contributed by atoms with E-state index in [4.69, 9.17) is 77.5 Å². The van der Waals surface area contributed by atoms with E-state index in [1.807, 2.05) is 219 Å². The Labute approximate surface area is 733 Å². The Balaban J connectivity index is 0.000000107. The minimum Gasteiger partial charge on any atom is -0.456 e. The fraction of sp³-hybridized carbons (Fsp3) is 0.0901. The highest BCUT2D eigenvalue weighted by molar-refractivity contribution is 6.12. The van der Waals surface area contributed by atoms with Crippen LogP contribution in [-0.4, -0.2) is 64.8 Å². The summed E-state index contributed by atoms with van der Waals surface area (Å²) < 4.78 is 25.6. The number of benzene rings is 12. The highest BCUT2D eigenvalue weighted by Crippen LogP contribution is 2.59. The van der Waals surface area contributed by atoms with Gasteiger partial charge in [-0.25, -0.2) is 49.8 Å². The first-order valence-electron chi connectivity index (χ1n) is 43.0. The average molecular weight is 1650 g/mol. The second kappa shape index (κ2) is 29.3. The van der Waals surface area contributed by atoms with Crippen molar-refractivity contribution in [2.24, 2.45) is 0 Å². The molecule has 1 atom stereocenters. The summed E-state index contributed by atoms with van der Waals surface area (Å²) in [5, 5.41) is 8.60. The standard InChI is InChI=1S/C41H26N4O2.C36H26N4O.C34H23N5O/c1-41(2)31-14-8-6-12-25(31)28-22-36-30(21-32(28)41)27-17-18-33(42-40(27)47-36)39-44-37(23-10-4-3-5-11-23)43-38(45-39)24-16-19-35-29(20-24)26-13-7-9-15-34(26)46-35;1-3-36(2)30-27(25-18-19-26-24-16-10-11-17-29(24)41-32(26)31(25)36)20-37-21-28(30)35-39-33(22-12-6-4-7-13-22)38-34(40-35)23-14-8-5-9-15-23;1-34(2)27-23(22-15-16-24-21-12-6-7-14-26(21)40-30(24)28(22)34)17-19-36-29(27)33-38-31(20-10-4-3-5-11-20)37-32(39-33)25-13-8-9-18-35-25/h3-22H,1-2H3;4-21H,3H2,1-2H3;3-19H,1-2H3. The number of nitrogens with zero attached hydrogens (tertiary/aromatic N) is 13. The van der Waals surface area contributed by atoms with E-state index >= 15 is 0 Å². The van der Waals surface area contributed by atoms with Crippen molar-refractivity contribution < 1.29 is 17.7 Å². The summed E-state index contributed by atoms with van der Waals surface area (Å²) in [6.45, 7) is 13.6. The van der Waals surface area contributed by atoms with Gasteiger partial charge in [0.05, 0.1) is 0 Å². The number of para-hydroxylation sites is 3. The van der Waals surface area contributed by atoms with Crippen LogP contribution in [0.25, 0.3) is 224 Å². The van der Waals surface area contributed by atoms with Crippen LogP contribution >= 0.6 is 0 Å². The molecule has 0 amide bonds. The molecule has 3 aliphatic carbocycles. The number of hydrogen-bond acceptors (Lipinski definition) is 17. The minimum atomic E-state index is -0.410. The summed E-state index contributed by atoms with van der Waals surface area (Å²) in [5.74, 6) is 5.13. The van der Waals surface area contributed by atoms with Gasteiger partial charge in [-0.15, -0.1) is 0 Å². The van der Waals surface area contributed by atoms with E-state index in [9.17, 15) is 0 Å². The van der Waals surface area contributed by atoms with E-state index in [2.05, 4.69) is 156 Å². The number of hydrogen-bond donors (Lipinski definition) is 0. The molecule has 0 saturated heterocycles. The van der Waals surface area contributed by atoms with Gasteiger partial charge in [0.2, 0.25) is 5.71 Å². The molecule has 0 N–H and O–H groups in total.